The summed E-state index contributed by atoms with van der Waals surface area (Å²) in [5.74, 6) is 0. The topological polar surface area (TPSA) is 26.0 Å². The molecule has 3 aromatic rings. The molecule has 1 atom stereocenters. The Kier molecular flexibility index (Phi) is 9.27. The number of benzene rings is 3. The lowest BCUT2D eigenvalue weighted by Crippen LogP contribution is -2.14. The molecule has 1 nitrogen and oxygen atoms in total. The minimum atomic E-state index is 0.0719. The lowest BCUT2D eigenvalue weighted by molar-refractivity contribution is 0.660. The average molecular weight is 414 g/mol. The third-order valence-corrected chi connectivity index (χ3v) is 5.52. The summed E-state index contributed by atoms with van der Waals surface area (Å²) in [6.07, 6.45) is 6.71. The van der Waals surface area contributed by atoms with E-state index in [2.05, 4.69) is 114 Å². The molecule has 2 N–H and O–H groups in total. The number of rotatable bonds is 3. The van der Waals surface area contributed by atoms with Crippen LogP contribution < -0.4 is 5.73 Å². The maximum Gasteiger partial charge on any atom is 0.0159 e. The molecule has 0 radical (unpaired) electrons. The van der Waals surface area contributed by atoms with Gasteiger partial charge in [-0.1, -0.05) is 126 Å². The van der Waals surface area contributed by atoms with Gasteiger partial charge in [0.25, 0.3) is 0 Å². The van der Waals surface area contributed by atoms with Crippen LogP contribution in [0, 0.1) is 0 Å². The third-order valence-electron chi connectivity index (χ3n) is 5.52. The van der Waals surface area contributed by atoms with Crippen LogP contribution in [0.3, 0.4) is 0 Å². The van der Waals surface area contributed by atoms with Crippen molar-refractivity contribution in [3.05, 3.63) is 95.1 Å². The van der Waals surface area contributed by atoms with Gasteiger partial charge in [0.05, 0.1) is 0 Å². The molecule has 0 bridgehead atoms. The molecule has 1 heteroatoms. The molecule has 0 aliphatic heterocycles. The normalized spacial score (nSPS) is 13.9. The first-order valence-electron chi connectivity index (χ1n) is 11.6. The van der Waals surface area contributed by atoms with Crippen LogP contribution in [0.1, 0.15) is 76.6 Å². The SMILES string of the molecule is CC1(C)c2ccccc2-c2ccc(/C=C/c3ccccc3)cc21.CCC.CCC(C)N. The second-order valence-corrected chi connectivity index (χ2v) is 8.81. The van der Waals surface area contributed by atoms with Crippen molar-refractivity contribution in [3.63, 3.8) is 0 Å². The molecule has 1 aliphatic carbocycles. The molecule has 0 fully saturated rings. The second kappa shape index (κ2) is 11.7. The Morgan fingerprint density at radius 3 is 1.87 bits per heavy atom. The number of hydrogen-bond donors (Lipinski definition) is 1. The molecule has 4 rings (SSSR count). The van der Waals surface area contributed by atoms with Crippen LogP contribution >= 0.6 is 0 Å². The van der Waals surface area contributed by atoms with Gasteiger partial charge in [0.1, 0.15) is 0 Å². The highest BCUT2D eigenvalue weighted by Crippen LogP contribution is 2.48. The van der Waals surface area contributed by atoms with Crippen LogP contribution in [0.15, 0.2) is 72.8 Å². The van der Waals surface area contributed by atoms with E-state index in [1.807, 2.05) is 13.0 Å². The van der Waals surface area contributed by atoms with Gasteiger partial charge in [-0.3, -0.25) is 0 Å². The van der Waals surface area contributed by atoms with Gasteiger partial charge in [-0.2, -0.15) is 0 Å². The van der Waals surface area contributed by atoms with E-state index in [0.29, 0.717) is 6.04 Å². The van der Waals surface area contributed by atoms with Crippen LogP contribution in [-0.4, -0.2) is 6.04 Å². The standard InChI is InChI=1S/C23H20.C4H11N.C3H8/c1-23(2)21-11-7-6-10-19(21)20-15-14-18(16-22(20)23)13-12-17-8-4-3-5-9-17;1-3-4(2)5;1-3-2/h3-16H,1-2H3;4H,3,5H2,1-2H3;3H2,1-2H3/b13-12+;;. The summed E-state index contributed by atoms with van der Waals surface area (Å²) in [4.78, 5) is 0. The molecule has 0 amide bonds. The average Bonchev–Trinajstić information content (AvgIpc) is 3.01. The van der Waals surface area contributed by atoms with Crippen molar-refractivity contribution in [1.29, 1.82) is 0 Å². The summed E-state index contributed by atoms with van der Waals surface area (Å²) in [6.45, 7) is 13.0. The zero-order valence-corrected chi connectivity index (χ0v) is 20.2. The Bertz CT molecular complexity index is 965. The van der Waals surface area contributed by atoms with Crippen LogP contribution in [0.4, 0.5) is 0 Å². The van der Waals surface area contributed by atoms with E-state index in [9.17, 15) is 0 Å². The van der Waals surface area contributed by atoms with Gasteiger partial charge in [-0.15, -0.1) is 0 Å². The molecule has 3 aromatic carbocycles. The summed E-state index contributed by atoms with van der Waals surface area (Å²) in [5.41, 5.74) is 13.5. The zero-order chi connectivity index (χ0) is 22.9. The van der Waals surface area contributed by atoms with Crippen molar-refractivity contribution in [1.82, 2.24) is 0 Å². The van der Waals surface area contributed by atoms with Crippen molar-refractivity contribution < 1.29 is 0 Å². The van der Waals surface area contributed by atoms with E-state index in [4.69, 9.17) is 5.73 Å². The van der Waals surface area contributed by atoms with E-state index in [-0.39, 0.29) is 5.41 Å². The van der Waals surface area contributed by atoms with E-state index in [1.54, 1.807) is 0 Å². The quantitative estimate of drug-likeness (QED) is 0.429. The highest BCUT2D eigenvalue weighted by atomic mass is 14.6. The van der Waals surface area contributed by atoms with Crippen LogP contribution in [0.2, 0.25) is 0 Å². The first kappa shape index (κ1) is 24.6. The number of nitrogens with two attached hydrogens (primary N) is 1. The van der Waals surface area contributed by atoms with Gasteiger partial charge in [-0.05, 0) is 46.7 Å². The lowest BCUT2D eigenvalue weighted by Gasteiger charge is -2.21. The van der Waals surface area contributed by atoms with Crippen molar-refractivity contribution in [2.45, 2.75) is 65.8 Å². The van der Waals surface area contributed by atoms with Crippen molar-refractivity contribution in [2.24, 2.45) is 5.73 Å². The molecule has 0 spiro atoms. The highest BCUT2D eigenvalue weighted by molar-refractivity contribution is 5.82. The maximum absolute atomic E-state index is 5.29. The zero-order valence-electron chi connectivity index (χ0n) is 20.2. The molecule has 0 saturated carbocycles. The molecule has 1 unspecified atom stereocenters. The summed E-state index contributed by atoms with van der Waals surface area (Å²) in [6, 6.07) is 26.4. The maximum atomic E-state index is 5.29. The van der Waals surface area contributed by atoms with Gasteiger partial charge in [0, 0.05) is 11.5 Å². The summed E-state index contributed by atoms with van der Waals surface area (Å²) < 4.78 is 0. The van der Waals surface area contributed by atoms with Crippen LogP contribution in [0.25, 0.3) is 23.3 Å². The van der Waals surface area contributed by atoms with Crippen molar-refractivity contribution in [2.75, 3.05) is 0 Å². The molecular weight excluding hydrogens is 374 g/mol. The van der Waals surface area contributed by atoms with Gasteiger partial charge in [-0.25, -0.2) is 0 Å². The fraction of sp³-hybridized carbons (Fsp3) is 0.333. The van der Waals surface area contributed by atoms with E-state index in [0.717, 1.165) is 6.42 Å². The Morgan fingerprint density at radius 2 is 1.26 bits per heavy atom. The number of fused-ring (bicyclic) bond motifs is 3. The monoisotopic (exact) mass is 413 g/mol. The minimum absolute atomic E-state index is 0.0719. The van der Waals surface area contributed by atoms with E-state index >= 15 is 0 Å². The van der Waals surface area contributed by atoms with E-state index in [1.165, 1.54) is 39.8 Å². The Labute approximate surface area is 190 Å². The summed E-state index contributed by atoms with van der Waals surface area (Å²) >= 11 is 0. The van der Waals surface area contributed by atoms with Gasteiger partial charge in [0.2, 0.25) is 0 Å². The van der Waals surface area contributed by atoms with Gasteiger partial charge >= 0.3 is 0 Å². The first-order chi connectivity index (χ1) is 14.8. The Morgan fingerprint density at radius 1 is 0.742 bits per heavy atom. The predicted molar refractivity (Wildman–Crippen MR) is 139 cm³/mol. The first-order valence-corrected chi connectivity index (χ1v) is 11.6. The van der Waals surface area contributed by atoms with Gasteiger partial charge < -0.3 is 5.73 Å². The molecule has 0 saturated heterocycles. The third kappa shape index (κ3) is 6.42. The molecule has 164 valence electrons. The Balaban J connectivity index is 0.000000371. The van der Waals surface area contributed by atoms with Crippen LogP contribution in [-0.2, 0) is 5.41 Å². The second-order valence-electron chi connectivity index (χ2n) is 8.81. The molecule has 1 aliphatic rings. The lowest BCUT2D eigenvalue weighted by atomic mass is 9.82. The van der Waals surface area contributed by atoms with Gasteiger partial charge in [0.15, 0.2) is 0 Å². The molecule has 0 aromatic heterocycles. The summed E-state index contributed by atoms with van der Waals surface area (Å²) in [5, 5.41) is 0. The summed E-state index contributed by atoms with van der Waals surface area (Å²) in [7, 11) is 0. The number of hydrogen-bond acceptors (Lipinski definition) is 1. The van der Waals surface area contributed by atoms with Crippen LogP contribution in [0.5, 0.6) is 0 Å². The van der Waals surface area contributed by atoms with Crippen molar-refractivity contribution >= 4 is 12.2 Å². The van der Waals surface area contributed by atoms with Crippen molar-refractivity contribution in [3.8, 4) is 11.1 Å². The highest BCUT2D eigenvalue weighted by Gasteiger charge is 2.34. The molecule has 0 heterocycles. The predicted octanol–water partition coefficient (Wildman–Crippen LogP) is 8.32. The molecule has 31 heavy (non-hydrogen) atoms. The largest absolute Gasteiger partial charge is 0.328 e. The van der Waals surface area contributed by atoms with E-state index < -0.39 is 0 Å². The smallest absolute Gasteiger partial charge is 0.0159 e. The fourth-order valence-corrected chi connectivity index (χ4v) is 3.58. The minimum Gasteiger partial charge on any atom is -0.328 e. The fourth-order valence-electron chi connectivity index (χ4n) is 3.58. The molecular formula is C30H39N. The Hall–Kier alpha value is -2.64.